The van der Waals surface area contributed by atoms with Crippen LogP contribution in [0, 0.1) is 13.8 Å². The van der Waals surface area contributed by atoms with Gasteiger partial charge in [0, 0.05) is 19.2 Å². The number of aryl methyl sites for hydroxylation is 2. The number of ether oxygens (including phenoxy) is 1. The Morgan fingerprint density at radius 1 is 1.24 bits per heavy atom. The summed E-state index contributed by atoms with van der Waals surface area (Å²) in [7, 11) is -6.96. The maximum absolute atomic E-state index is 13.3. The molecule has 25 heavy (non-hydrogen) atoms. The highest BCUT2D eigenvalue weighted by Crippen LogP contribution is 2.29. The molecule has 0 aliphatic carbocycles. The predicted octanol–water partition coefficient (Wildman–Crippen LogP) is 1.66. The van der Waals surface area contributed by atoms with Crippen molar-refractivity contribution in [2.75, 3.05) is 24.7 Å². The van der Waals surface area contributed by atoms with Crippen molar-refractivity contribution in [2.45, 2.75) is 50.2 Å². The average molecular weight is 388 g/mol. The van der Waals surface area contributed by atoms with E-state index in [9.17, 15) is 16.8 Å². The molecule has 2 aliphatic heterocycles. The number of sulfonamides is 1. The fourth-order valence-corrected chi connectivity index (χ4v) is 7.37. The van der Waals surface area contributed by atoms with Gasteiger partial charge in [-0.1, -0.05) is 17.7 Å². The first-order chi connectivity index (χ1) is 11.7. The number of hydrogen-bond donors (Lipinski definition) is 0. The molecule has 0 unspecified atom stereocenters. The van der Waals surface area contributed by atoms with E-state index in [1.807, 2.05) is 13.0 Å². The molecule has 1 aromatic carbocycles. The molecule has 2 fully saturated rings. The molecule has 1 aromatic rings. The Morgan fingerprint density at radius 3 is 2.56 bits per heavy atom. The molecule has 2 aliphatic rings. The van der Waals surface area contributed by atoms with Crippen LogP contribution in [-0.4, -0.2) is 57.9 Å². The van der Waals surface area contributed by atoms with E-state index in [4.69, 9.17) is 4.74 Å². The van der Waals surface area contributed by atoms with Crippen LogP contribution in [-0.2, 0) is 24.6 Å². The second-order valence-corrected chi connectivity index (χ2v) is 11.1. The third kappa shape index (κ3) is 4.07. The van der Waals surface area contributed by atoms with Crippen molar-refractivity contribution >= 4 is 19.9 Å². The molecule has 0 bridgehead atoms. The van der Waals surface area contributed by atoms with Crippen LogP contribution in [0.2, 0.25) is 0 Å². The summed E-state index contributed by atoms with van der Waals surface area (Å²) in [6.45, 7) is 4.54. The third-order valence-electron chi connectivity index (χ3n) is 4.94. The average Bonchev–Trinajstić information content (AvgIpc) is 3.13. The van der Waals surface area contributed by atoms with E-state index in [1.165, 1.54) is 4.31 Å². The van der Waals surface area contributed by atoms with Crippen molar-refractivity contribution in [3.8, 4) is 0 Å². The van der Waals surface area contributed by atoms with E-state index < -0.39 is 25.9 Å². The minimum Gasteiger partial charge on any atom is -0.377 e. The number of benzene rings is 1. The van der Waals surface area contributed by atoms with Crippen molar-refractivity contribution in [1.29, 1.82) is 0 Å². The minimum atomic E-state index is -3.78. The summed E-state index contributed by atoms with van der Waals surface area (Å²) < 4.78 is 57.5. The normalized spacial score (nSPS) is 26.4. The quantitative estimate of drug-likeness (QED) is 0.768. The first-order valence-electron chi connectivity index (χ1n) is 8.60. The summed E-state index contributed by atoms with van der Waals surface area (Å²) in [5.41, 5.74) is 1.67. The molecule has 0 radical (unpaired) electrons. The smallest absolute Gasteiger partial charge is 0.243 e. The van der Waals surface area contributed by atoms with Gasteiger partial charge in [0.1, 0.15) is 0 Å². The summed E-state index contributed by atoms with van der Waals surface area (Å²) in [6, 6.07) is 4.71. The van der Waals surface area contributed by atoms with Gasteiger partial charge in [-0.2, -0.15) is 4.31 Å². The lowest BCUT2D eigenvalue weighted by Gasteiger charge is -2.30. The second kappa shape index (κ2) is 6.98. The first kappa shape index (κ1) is 18.8. The van der Waals surface area contributed by atoms with Crippen molar-refractivity contribution in [3.05, 3.63) is 29.3 Å². The molecule has 8 heteroatoms. The highest BCUT2D eigenvalue weighted by atomic mass is 32.2. The van der Waals surface area contributed by atoms with Crippen LogP contribution in [0.1, 0.15) is 30.4 Å². The van der Waals surface area contributed by atoms with Gasteiger partial charge >= 0.3 is 0 Å². The van der Waals surface area contributed by atoms with Crippen LogP contribution in [0.4, 0.5) is 0 Å². The Hall–Kier alpha value is -0.960. The lowest BCUT2D eigenvalue weighted by atomic mass is 10.2. The molecular formula is C17H25NO5S2. The fourth-order valence-electron chi connectivity index (χ4n) is 3.65. The molecule has 0 N–H and O–H groups in total. The summed E-state index contributed by atoms with van der Waals surface area (Å²) >= 11 is 0. The summed E-state index contributed by atoms with van der Waals surface area (Å²) in [5.74, 6) is -0.0635. The number of nitrogens with zero attached hydrogens (tertiary/aromatic N) is 1. The van der Waals surface area contributed by atoms with E-state index in [1.54, 1.807) is 19.1 Å². The molecule has 3 rings (SSSR count). The Labute approximate surface area is 150 Å². The molecule has 0 spiro atoms. The van der Waals surface area contributed by atoms with Gasteiger partial charge in [-0.15, -0.1) is 0 Å². The van der Waals surface area contributed by atoms with Gasteiger partial charge < -0.3 is 4.74 Å². The monoisotopic (exact) mass is 387 g/mol. The predicted molar refractivity (Wildman–Crippen MR) is 95.8 cm³/mol. The number of hydrogen-bond acceptors (Lipinski definition) is 5. The van der Waals surface area contributed by atoms with Crippen LogP contribution in [0.5, 0.6) is 0 Å². The Kier molecular flexibility index (Phi) is 5.26. The Bertz CT molecular complexity index is 842. The molecule has 0 aromatic heterocycles. The molecular weight excluding hydrogens is 362 g/mol. The molecule has 0 saturated carbocycles. The van der Waals surface area contributed by atoms with Crippen molar-refractivity contribution < 1.29 is 21.6 Å². The maximum atomic E-state index is 13.3. The van der Waals surface area contributed by atoms with Crippen molar-refractivity contribution in [1.82, 2.24) is 4.31 Å². The van der Waals surface area contributed by atoms with Crippen LogP contribution in [0.25, 0.3) is 0 Å². The molecule has 2 heterocycles. The van der Waals surface area contributed by atoms with Crippen LogP contribution in [0.15, 0.2) is 23.1 Å². The largest absolute Gasteiger partial charge is 0.377 e. The zero-order valence-corrected chi connectivity index (χ0v) is 16.3. The van der Waals surface area contributed by atoms with Gasteiger partial charge in [-0.3, -0.25) is 0 Å². The lowest BCUT2D eigenvalue weighted by Crippen LogP contribution is -2.45. The number of rotatable bonds is 5. The van der Waals surface area contributed by atoms with E-state index >= 15 is 0 Å². The SMILES string of the molecule is Cc1ccc(S(=O)(=O)N(C[C@@H]2CCCO2)[C@H]2CCS(=O)(=O)C2)c(C)c1. The summed E-state index contributed by atoms with van der Waals surface area (Å²) in [5, 5.41) is 0. The van der Waals surface area contributed by atoms with Crippen molar-refractivity contribution in [3.63, 3.8) is 0 Å². The van der Waals surface area contributed by atoms with Gasteiger partial charge in [0.15, 0.2) is 9.84 Å². The van der Waals surface area contributed by atoms with Crippen LogP contribution >= 0.6 is 0 Å². The van der Waals surface area contributed by atoms with Crippen LogP contribution < -0.4 is 0 Å². The van der Waals surface area contributed by atoms with E-state index in [-0.39, 0.29) is 29.0 Å². The highest BCUT2D eigenvalue weighted by Gasteiger charge is 2.40. The topological polar surface area (TPSA) is 80.8 Å². The van der Waals surface area contributed by atoms with Crippen LogP contribution in [0.3, 0.4) is 0 Å². The van der Waals surface area contributed by atoms with Gasteiger partial charge in [0.05, 0.1) is 22.5 Å². The summed E-state index contributed by atoms with van der Waals surface area (Å²) in [6.07, 6.45) is 1.90. The Balaban J connectivity index is 1.97. The first-order valence-corrected chi connectivity index (χ1v) is 11.9. The second-order valence-electron chi connectivity index (χ2n) is 7.04. The van der Waals surface area contributed by atoms with E-state index in [2.05, 4.69) is 0 Å². The molecule has 140 valence electrons. The van der Waals surface area contributed by atoms with Gasteiger partial charge in [0.2, 0.25) is 10.0 Å². The van der Waals surface area contributed by atoms with Gasteiger partial charge in [-0.05, 0) is 44.7 Å². The van der Waals surface area contributed by atoms with Crippen molar-refractivity contribution in [2.24, 2.45) is 0 Å². The molecule has 6 nitrogen and oxygen atoms in total. The summed E-state index contributed by atoms with van der Waals surface area (Å²) in [4.78, 5) is 0.250. The molecule has 2 saturated heterocycles. The van der Waals surface area contributed by atoms with Gasteiger partial charge in [-0.25, -0.2) is 16.8 Å². The lowest BCUT2D eigenvalue weighted by molar-refractivity contribution is 0.0877. The molecule has 0 amide bonds. The standard InChI is InChI=1S/C17H25NO5S2/c1-13-5-6-17(14(2)10-13)25(21,22)18(11-16-4-3-8-23-16)15-7-9-24(19,20)12-15/h5-6,10,15-16H,3-4,7-9,11-12H2,1-2H3/t15-,16-/m0/s1. The Morgan fingerprint density at radius 2 is 2.00 bits per heavy atom. The molecule has 2 atom stereocenters. The zero-order valence-electron chi connectivity index (χ0n) is 14.6. The minimum absolute atomic E-state index is 0.0437. The zero-order chi connectivity index (χ0) is 18.2. The number of sulfone groups is 1. The fraction of sp³-hybridized carbons (Fsp3) is 0.647. The van der Waals surface area contributed by atoms with Gasteiger partial charge in [0.25, 0.3) is 0 Å². The van der Waals surface area contributed by atoms with E-state index in [0.29, 0.717) is 18.6 Å². The maximum Gasteiger partial charge on any atom is 0.243 e. The third-order valence-corrected chi connectivity index (χ3v) is 8.77. The van der Waals surface area contributed by atoms with E-state index in [0.717, 1.165) is 18.4 Å². The highest BCUT2D eigenvalue weighted by molar-refractivity contribution is 7.92.